The zero-order valence-electron chi connectivity index (χ0n) is 17.4. The zero-order valence-corrected chi connectivity index (χ0v) is 19.8. The average Bonchev–Trinajstić information content (AvgIpc) is 2.68. The molecule has 3 amide bonds. The summed E-state index contributed by atoms with van der Waals surface area (Å²) in [4.78, 5) is 30.1. The molecule has 0 radical (unpaired) electrons. The van der Waals surface area contributed by atoms with Gasteiger partial charge in [0, 0.05) is 41.2 Å². The van der Waals surface area contributed by atoms with E-state index >= 15 is 0 Å². The Morgan fingerprint density at radius 2 is 1.70 bits per heavy atom. The Labute approximate surface area is 191 Å². The smallest absolute Gasteiger partial charge is 0.321 e. The van der Waals surface area contributed by atoms with Crippen LogP contribution in [0.2, 0.25) is 5.02 Å². The Balaban J connectivity index is 1.20. The van der Waals surface area contributed by atoms with Crippen LogP contribution in [0.25, 0.3) is 0 Å². The Morgan fingerprint density at radius 3 is 2.30 bits per heavy atom. The Kier molecular flexibility index (Phi) is 5.09. The Bertz CT molecular complexity index is 869. The number of amides is 3. The van der Waals surface area contributed by atoms with Crippen molar-refractivity contribution in [1.82, 2.24) is 9.80 Å². The predicted octanol–water partition coefficient (Wildman–Crippen LogP) is 5.06. The number of halogens is 2. The fraction of sp³-hybridized carbons (Fsp3) is 0.652. The number of piperazine rings is 1. The summed E-state index contributed by atoms with van der Waals surface area (Å²) in [6.07, 6.45) is 6.88. The summed E-state index contributed by atoms with van der Waals surface area (Å²) >= 11 is 10.2. The molecule has 1 aliphatic heterocycles. The maximum absolute atomic E-state index is 13.6. The van der Waals surface area contributed by atoms with Crippen molar-refractivity contribution in [3.8, 4) is 0 Å². The number of benzene rings is 1. The second kappa shape index (κ2) is 7.40. The molecule has 0 spiro atoms. The summed E-state index contributed by atoms with van der Waals surface area (Å²) in [6.45, 7) is 4.31. The molecule has 4 bridgehead atoms. The maximum atomic E-state index is 13.6. The van der Waals surface area contributed by atoms with Gasteiger partial charge in [-0.1, -0.05) is 33.6 Å². The number of hydrogen-bond acceptors (Lipinski definition) is 2. The van der Waals surface area contributed by atoms with Crippen molar-refractivity contribution >= 4 is 45.2 Å². The van der Waals surface area contributed by atoms with E-state index in [9.17, 15) is 9.59 Å². The van der Waals surface area contributed by atoms with E-state index in [4.69, 9.17) is 11.6 Å². The minimum absolute atomic E-state index is 0.128. The fourth-order valence-corrected chi connectivity index (χ4v) is 8.36. The molecule has 1 heterocycles. The number of hydrogen-bond donors (Lipinski definition) is 1. The van der Waals surface area contributed by atoms with Crippen LogP contribution >= 0.6 is 27.5 Å². The molecule has 1 aromatic rings. The molecule has 2 unspecified atom stereocenters. The largest absolute Gasteiger partial charge is 0.339 e. The molecule has 4 aliphatic carbocycles. The van der Waals surface area contributed by atoms with Crippen LogP contribution in [0.1, 0.15) is 44.1 Å². The molecule has 4 saturated carbocycles. The van der Waals surface area contributed by atoms with E-state index in [1.807, 2.05) is 24.0 Å². The first-order valence-corrected chi connectivity index (χ1v) is 12.2. The monoisotopic (exact) mass is 493 g/mol. The van der Waals surface area contributed by atoms with E-state index in [1.54, 1.807) is 11.0 Å². The van der Waals surface area contributed by atoms with Gasteiger partial charge in [-0.05, 0) is 75.0 Å². The molecule has 5 nitrogen and oxygen atoms in total. The molecule has 2 atom stereocenters. The molecule has 0 aromatic heterocycles. The van der Waals surface area contributed by atoms with Crippen molar-refractivity contribution in [2.75, 3.05) is 31.5 Å². The molecular formula is C23H29BrClN3O2. The lowest BCUT2D eigenvalue weighted by molar-refractivity contribution is -0.156. The first-order chi connectivity index (χ1) is 14.3. The number of nitrogens with zero attached hydrogens (tertiary/aromatic N) is 2. The third-order valence-electron chi connectivity index (χ3n) is 7.72. The first-order valence-electron chi connectivity index (χ1n) is 11.1. The van der Waals surface area contributed by atoms with Gasteiger partial charge in [-0.15, -0.1) is 0 Å². The number of anilines is 1. The highest BCUT2D eigenvalue weighted by Crippen LogP contribution is 2.64. The molecule has 30 heavy (non-hydrogen) atoms. The Hall–Kier alpha value is -1.27. The van der Waals surface area contributed by atoms with Gasteiger partial charge in [-0.3, -0.25) is 4.79 Å². The van der Waals surface area contributed by atoms with E-state index < -0.39 is 0 Å². The summed E-state index contributed by atoms with van der Waals surface area (Å²) in [5, 5.41) is 3.57. The van der Waals surface area contributed by atoms with Crippen LogP contribution in [0.3, 0.4) is 0 Å². The third kappa shape index (κ3) is 3.64. The van der Waals surface area contributed by atoms with Crippen molar-refractivity contribution in [2.45, 2.75) is 49.8 Å². The molecule has 6 rings (SSSR count). The van der Waals surface area contributed by atoms with E-state index in [1.165, 1.54) is 19.3 Å². The van der Waals surface area contributed by atoms with E-state index in [2.05, 4.69) is 21.2 Å². The van der Waals surface area contributed by atoms with Crippen molar-refractivity contribution in [2.24, 2.45) is 17.3 Å². The zero-order chi connectivity index (χ0) is 21.1. The van der Waals surface area contributed by atoms with Gasteiger partial charge in [0.15, 0.2) is 0 Å². The minimum Gasteiger partial charge on any atom is -0.339 e. The highest BCUT2D eigenvalue weighted by atomic mass is 79.9. The molecule has 5 fully saturated rings. The number of urea groups is 1. The summed E-state index contributed by atoms with van der Waals surface area (Å²) < 4.78 is 0.184. The number of aryl methyl sites for hydroxylation is 1. The van der Waals surface area contributed by atoms with Gasteiger partial charge in [-0.2, -0.15) is 0 Å². The van der Waals surface area contributed by atoms with Crippen molar-refractivity contribution in [3.63, 3.8) is 0 Å². The van der Waals surface area contributed by atoms with E-state index in [-0.39, 0.29) is 15.8 Å². The normalized spacial score (nSPS) is 34.9. The molecule has 1 saturated heterocycles. The lowest BCUT2D eigenvalue weighted by Gasteiger charge is -2.60. The van der Waals surface area contributed by atoms with E-state index in [0.717, 1.165) is 24.8 Å². The predicted molar refractivity (Wildman–Crippen MR) is 122 cm³/mol. The number of nitrogens with one attached hydrogen (secondary N) is 1. The summed E-state index contributed by atoms with van der Waals surface area (Å²) in [5.41, 5.74) is 1.51. The molecular weight excluding hydrogens is 466 g/mol. The van der Waals surface area contributed by atoms with Crippen LogP contribution in [0.4, 0.5) is 10.5 Å². The second-order valence-electron chi connectivity index (χ2n) is 10.1. The first kappa shape index (κ1) is 20.6. The third-order valence-corrected chi connectivity index (χ3v) is 9.06. The number of alkyl halides is 1. The van der Waals surface area contributed by atoms with Gasteiger partial charge < -0.3 is 15.1 Å². The second-order valence-corrected chi connectivity index (χ2v) is 12.2. The quantitative estimate of drug-likeness (QED) is 0.584. The number of rotatable bonds is 2. The van der Waals surface area contributed by atoms with Gasteiger partial charge in [0.25, 0.3) is 0 Å². The standard InChI is InChI=1S/C23H29BrClN3O2/c1-15-2-3-18(9-19(15)25)26-21(30)28-6-4-27(5-7-28)20(29)22-10-16-8-17(11-22)13-23(24,12-16)14-22/h2-3,9,16-17H,4-8,10-14H2,1H3,(H,26,30). The van der Waals surface area contributed by atoms with Gasteiger partial charge in [0.1, 0.15) is 0 Å². The lowest BCUT2D eigenvalue weighted by atomic mass is 9.49. The number of carbonyl (C=O) groups excluding carboxylic acids is 2. The SMILES string of the molecule is Cc1ccc(NC(=O)N2CCN(C(=O)C34CC5CC(CC(Br)(C5)C3)C4)CC2)cc1Cl. The van der Waals surface area contributed by atoms with Gasteiger partial charge in [-0.25, -0.2) is 4.79 Å². The lowest BCUT2D eigenvalue weighted by Crippen LogP contribution is -2.61. The maximum Gasteiger partial charge on any atom is 0.321 e. The molecule has 7 heteroatoms. The van der Waals surface area contributed by atoms with E-state index in [0.29, 0.717) is 54.6 Å². The Morgan fingerprint density at radius 1 is 1.07 bits per heavy atom. The topological polar surface area (TPSA) is 52.7 Å². The molecule has 1 aromatic carbocycles. The van der Waals surface area contributed by atoms with Gasteiger partial charge in [0.2, 0.25) is 5.91 Å². The highest BCUT2D eigenvalue weighted by Gasteiger charge is 2.60. The highest BCUT2D eigenvalue weighted by molar-refractivity contribution is 9.10. The molecule has 1 N–H and O–H groups in total. The molecule has 5 aliphatic rings. The van der Waals surface area contributed by atoms with Crippen molar-refractivity contribution in [1.29, 1.82) is 0 Å². The van der Waals surface area contributed by atoms with Gasteiger partial charge in [0.05, 0.1) is 5.41 Å². The van der Waals surface area contributed by atoms with Crippen LogP contribution in [-0.2, 0) is 4.79 Å². The summed E-state index contributed by atoms with van der Waals surface area (Å²) in [5.74, 6) is 1.73. The van der Waals surface area contributed by atoms with Gasteiger partial charge >= 0.3 is 6.03 Å². The fourth-order valence-electron chi connectivity index (χ4n) is 6.72. The summed E-state index contributed by atoms with van der Waals surface area (Å²) in [7, 11) is 0. The van der Waals surface area contributed by atoms with Crippen molar-refractivity contribution in [3.05, 3.63) is 28.8 Å². The van der Waals surface area contributed by atoms with Crippen LogP contribution < -0.4 is 5.32 Å². The van der Waals surface area contributed by atoms with Crippen molar-refractivity contribution < 1.29 is 9.59 Å². The minimum atomic E-state index is -0.170. The molecule has 162 valence electrons. The van der Waals surface area contributed by atoms with Crippen LogP contribution in [-0.4, -0.2) is 52.2 Å². The van der Waals surface area contributed by atoms with Crippen LogP contribution in [0.15, 0.2) is 18.2 Å². The summed E-state index contributed by atoms with van der Waals surface area (Å²) in [6, 6.07) is 5.41. The average molecular weight is 495 g/mol. The van der Waals surface area contributed by atoms with Crippen LogP contribution in [0, 0.1) is 24.2 Å². The van der Waals surface area contributed by atoms with Crippen LogP contribution in [0.5, 0.6) is 0 Å². The number of carbonyl (C=O) groups is 2.